The van der Waals surface area contributed by atoms with Gasteiger partial charge in [0.25, 0.3) is 0 Å². The number of allylic oxidation sites excluding steroid dienone is 3. The summed E-state index contributed by atoms with van der Waals surface area (Å²) >= 11 is 6.07. The minimum absolute atomic E-state index is 0.0107. The Morgan fingerprint density at radius 1 is 1.38 bits per heavy atom. The van der Waals surface area contributed by atoms with Gasteiger partial charge in [-0.05, 0) is 29.8 Å². The van der Waals surface area contributed by atoms with E-state index in [1.807, 2.05) is 12.1 Å². The number of halogens is 1. The lowest BCUT2D eigenvalue weighted by Gasteiger charge is -2.23. The van der Waals surface area contributed by atoms with Crippen molar-refractivity contribution in [2.75, 3.05) is 11.9 Å². The van der Waals surface area contributed by atoms with E-state index >= 15 is 0 Å². The summed E-state index contributed by atoms with van der Waals surface area (Å²) < 4.78 is 0. The zero-order chi connectivity index (χ0) is 11.9. The van der Waals surface area contributed by atoms with Gasteiger partial charge in [0.2, 0.25) is 0 Å². The van der Waals surface area contributed by atoms with Gasteiger partial charge >= 0.3 is 0 Å². The maximum atomic E-state index is 6.07. The number of benzene rings is 1. The fraction of sp³-hybridized carbons (Fsp3) is 0.286. The first kappa shape index (κ1) is 11.3. The predicted octanol–water partition coefficient (Wildman–Crippen LogP) is 4.14. The van der Waals surface area contributed by atoms with Crippen molar-refractivity contribution in [1.82, 2.24) is 0 Å². The monoisotopic (exact) mass is 233 g/mol. The summed E-state index contributed by atoms with van der Waals surface area (Å²) in [6.45, 7) is 8.19. The van der Waals surface area contributed by atoms with Crippen LogP contribution in [0.15, 0.2) is 42.6 Å². The highest BCUT2D eigenvalue weighted by Crippen LogP contribution is 2.47. The molecule has 2 heteroatoms. The van der Waals surface area contributed by atoms with Crippen molar-refractivity contribution in [1.29, 1.82) is 0 Å². The van der Waals surface area contributed by atoms with E-state index in [4.69, 9.17) is 11.6 Å². The molecule has 0 fully saturated rings. The molecule has 1 aromatic carbocycles. The van der Waals surface area contributed by atoms with Crippen molar-refractivity contribution in [2.45, 2.75) is 19.3 Å². The molecule has 0 radical (unpaired) electrons. The van der Waals surface area contributed by atoms with Crippen LogP contribution >= 0.6 is 11.6 Å². The van der Waals surface area contributed by atoms with E-state index in [9.17, 15) is 0 Å². The van der Waals surface area contributed by atoms with E-state index in [-0.39, 0.29) is 5.41 Å². The summed E-state index contributed by atoms with van der Waals surface area (Å²) in [4.78, 5) is 2.20. The lowest BCUT2D eigenvalue weighted by molar-refractivity contribution is 0.640. The molecule has 0 atom stereocenters. The van der Waals surface area contributed by atoms with Crippen molar-refractivity contribution < 1.29 is 0 Å². The van der Waals surface area contributed by atoms with Gasteiger partial charge in [-0.1, -0.05) is 38.1 Å². The highest BCUT2D eigenvalue weighted by molar-refractivity contribution is 6.30. The number of anilines is 1. The normalized spacial score (nSPS) is 20.0. The first-order valence-corrected chi connectivity index (χ1v) is 5.73. The molecule has 1 heterocycles. The van der Waals surface area contributed by atoms with Gasteiger partial charge in [0.15, 0.2) is 0 Å². The second-order valence-corrected chi connectivity index (χ2v) is 5.07. The Morgan fingerprint density at radius 2 is 2.06 bits per heavy atom. The van der Waals surface area contributed by atoms with Crippen molar-refractivity contribution >= 4 is 17.3 Å². The summed E-state index contributed by atoms with van der Waals surface area (Å²) in [5.41, 5.74) is 3.74. The largest absolute Gasteiger partial charge is 0.347 e. The van der Waals surface area contributed by atoms with Gasteiger partial charge in [-0.25, -0.2) is 0 Å². The van der Waals surface area contributed by atoms with E-state index in [1.165, 1.54) is 16.9 Å². The number of likely N-dealkylation sites (N-methyl/N-ethyl adjacent to an activating group) is 1. The number of hydrogen-bond donors (Lipinski definition) is 0. The quantitative estimate of drug-likeness (QED) is 0.705. The van der Waals surface area contributed by atoms with Gasteiger partial charge in [0.1, 0.15) is 0 Å². The van der Waals surface area contributed by atoms with Crippen LogP contribution < -0.4 is 4.90 Å². The third kappa shape index (κ3) is 1.47. The Kier molecular flexibility index (Phi) is 2.59. The van der Waals surface area contributed by atoms with Gasteiger partial charge in [-0.2, -0.15) is 0 Å². The van der Waals surface area contributed by atoms with Gasteiger partial charge in [0.05, 0.1) is 0 Å². The Balaban J connectivity index is 2.66. The molecule has 0 spiro atoms. The van der Waals surface area contributed by atoms with Gasteiger partial charge in [-0.3, -0.25) is 0 Å². The van der Waals surface area contributed by atoms with E-state index in [0.29, 0.717) is 0 Å². The maximum absolute atomic E-state index is 6.07. The number of hydrogen-bond acceptors (Lipinski definition) is 1. The SMILES string of the molecule is C=CC=C1N(C)c2ccc(Cl)cc2C1(C)C. The van der Waals surface area contributed by atoms with Crippen LogP contribution in [-0.4, -0.2) is 7.05 Å². The van der Waals surface area contributed by atoms with Gasteiger partial charge < -0.3 is 4.90 Å². The maximum Gasteiger partial charge on any atom is 0.0449 e. The summed E-state index contributed by atoms with van der Waals surface area (Å²) in [5.74, 6) is 0. The molecular weight excluding hydrogens is 218 g/mol. The van der Waals surface area contributed by atoms with Crippen LogP contribution in [0, 0.1) is 0 Å². The number of fused-ring (bicyclic) bond motifs is 1. The minimum Gasteiger partial charge on any atom is -0.347 e. The van der Waals surface area contributed by atoms with Crippen LogP contribution in [-0.2, 0) is 5.41 Å². The number of nitrogens with zero attached hydrogens (tertiary/aromatic N) is 1. The fourth-order valence-corrected chi connectivity index (χ4v) is 2.59. The zero-order valence-corrected chi connectivity index (χ0v) is 10.7. The molecule has 1 nitrogen and oxygen atoms in total. The van der Waals surface area contributed by atoms with Crippen molar-refractivity contribution in [3.8, 4) is 0 Å². The molecule has 84 valence electrons. The van der Waals surface area contributed by atoms with Crippen molar-refractivity contribution in [2.24, 2.45) is 0 Å². The molecule has 0 N–H and O–H groups in total. The highest BCUT2D eigenvalue weighted by Gasteiger charge is 2.38. The second-order valence-electron chi connectivity index (χ2n) is 4.63. The molecular formula is C14H16ClN. The van der Waals surface area contributed by atoms with Gasteiger partial charge in [0, 0.05) is 28.9 Å². The summed E-state index contributed by atoms with van der Waals surface area (Å²) in [6.07, 6.45) is 3.90. The van der Waals surface area contributed by atoms with Crippen molar-refractivity contribution in [3.63, 3.8) is 0 Å². The molecule has 2 rings (SSSR count). The smallest absolute Gasteiger partial charge is 0.0449 e. The second kappa shape index (κ2) is 3.67. The third-order valence-electron chi connectivity index (χ3n) is 3.27. The molecule has 0 aliphatic carbocycles. The first-order valence-electron chi connectivity index (χ1n) is 5.35. The van der Waals surface area contributed by atoms with E-state index in [1.54, 1.807) is 0 Å². The lowest BCUT2D eigenvalue weighted by Crippen LogP contribution is -2.22. The van der Waals surface area contributed by atoms with Crippen molar-refractivity contribution in [3.05, 3.63) is 53.2 Å². The van der Waals surface area contributed by atoms with Crippen LogP contribution in [0.5, 0.6) is 0 Å². The molecule has 0 amide bonds. The molecule has 1 aliphatic rings. The average molecular weight is 234 g/mol. The lowest BCUT2D eigenvalue weighted by atomic mass is 9.84. The van der Waals surface area contributed by atoms with Crippen LogP contribution in [0.1, 0.15) is 19.4 Å². The Labute approximate surface area is 102 Å². The standard InChI is InChI=1S/C14H16ClN/c1-5-6-13-14(2,3)11-9-10(15)7-8-12(11)16(13)4/h5-9H,1H2,2-4H3. The molecule has 0 unspecified atom stereocenters. The fourth-order valence-electron chi connectivity index (χ4n) is 2.42. The summed E-state index contributed by atoms with van der Waals surface area (Å²) in [6, 6.07) is 6.06. The average Bonchev–Trinajstić information content (AvgIpc) is 2.40. The molecule has 1 aromatic rings. The van der Waals surface area contributed by atoms with Crippen LogP contribution in [0.3, 0.4) is 0 Å². The first-order chi connectivity index (χ1) is 7.48. The molecule has 16 heavy (non-hydrogen) atoms. The summed E-state index contributed by atoms with van der Waals surface area (Å²) in [5, 5.41) is 0.792. The Hall–Kier alpha value is -1.21. The molecule has 0 bridgehead atoms. The summed E-state index contributed by atoms with van der Waals surface area (Å²) in [7, 11) is 2.08. The van der Waals surface area contributed by atoms with E-state index in [0.717, 1.165) is 5.02 Å². The molecule has 0 saturated carbocycles. The van der Waals surface area contributed by atoms with Gasteiger partial charge in [-0.15, -0.1) is 0 Å². The highest BCUT2D eigenvalue weighted by atomic mass is 35.5. The Morgan fingerprint density at radius 3 is 2.69 bits per heavy atom. The van der Waals surface area contributed by atoms with Crippen LogP contribution in [0.4, 0.5) is 5.69 Å². The van der Waals surface area contributed by atoms with Crippen LogP contribution in [0.25, 0.3) is 0 Å². The third-order valence-corrected chi connectivity index (χ3v) is 3.51. The zero-order valence-electron chi connectivity index (χ0n) is 9.92. The minimum atomic E-state index is -0.0107. The molecule has 1 aliphatic heterocycles. The number of rotatable bonds is 1. The van der Waals surface area contributed by atoms with E-state index < -0.39 is 0 Å². The Bertz CT molecular complexity index is 472. The molecule has 0 saturated heterocycles. The van der Waals surface area contributed by atoms with E-state index in [2.05, 4.69) is 50.6 Å². The molecule has 0 aromatic heterocycles. The van der Waals surface area contributed by atoms with Crippen LogP contribution in [0.2, 0.25) is 5.02 Å². The predicted molar refractivity (Wildman–Crippen MR) is 71.2 cm³/mol. The topological polar surface area (TPSA) is 3.24 Å².